The minimum Gasteiger partial charge on any atom is -0.352 e. The lowest BCUT2D eigenvalue weighted by Crippen LogP contribution is -2.45. The van der Waals surface area contributed by atoms with Gasteiger partial charge in [-0.05, 0) is 31.5 Å². The van der Waals surface area contributed by atoms with Crippen LogP contribution in [0.25, 0.3) is 0 Å². The second-order valence-electron chi connectivity index (χ2n) is 6.02. The Morgan fingerprint density at radius 3 is 2.95 bits per heavy atom. The zero-order valence-corrected chi connectivity index (χ0v) is 13.9. The molecule has 1 N–H and O–H groups in total. The Labute approximate surface area is 127 Å². The number of nitrogens with one attached hydrogen (secondary N) is 1. The smallest absolute Gasteiger partial charge is 0.129 e. The highest BCUT2D eigenvalue weighted by Gasteiger charge is 2.26. The van der Waals surface area contributed by atoms with E-state index in [4.69, 9.17) is 4.98 Å². The molecule has 2 rings (SSSR count). The molecule has 0 spiro atoms. The summed E-state index contributed by atoms with van der Waals surface area (Å²) in [6, 6.07) is 6.95. The molecule has 2 heterocycles. The Morgan fingerprint density at radius 2 is 2.20 bits per heavy atom. The molecular formula is C16H27N3S. The molecule has 2 atom stereocenters. The Kier molecular flexibility index (Phi) is 5.73. The largest absolute Gasteiger partial charge is 0.352 e. The molecule has 3 nitrogen and oxygen atoms in total. The molecule has 4 heteroatoms. The van der Waals surface area contributed by atoms with Gasteiger partial charge in [0.15, 0.2) is 0 Å². The van der Waals surface area contributed by atoms with Crippen LogP contribution in [-0.2, 0) is 6.54 Å². The van der Waals surface area contributed by atoms with Crippen molar-refractivity contribution < 1.29 is 0 Å². The van der Waals surface area contributed by atoms with Crippen LogP contribution < -0.4 is 10.2 Å². The average molecular weight is 293 g/mol. The van der Waals surface area contributed by atoms with Crippen LogP contribution >= 0.6 is 11.8 Å². The lowest BCUT2D eigenvalue weighted by molar-refractivity contribution is 0.547. The van der Waals surface area contributed by atoms with E-state index in [-0.39, 0.29) is 0 Å². The van der Waals surface area contributed by atoms with Crippen molar-refractivity contribution in [2.75, 3.05) is 23.7 Å². The van der Waals surface area contributed by atoms with Gasteiger partial charge in [0.05, 0.1) is 5.69 Å². The van der Waals surface area contributed by atoms with Crippen molar-refractivity contribution in [2.45, 2.75) is 45.5 Å². The van der Waals surface area contributed by atoms with Crippen molar-refractivity contribution in [3.8, 4) is 0 Å². The summed E-state index contributed by atoms with van der Waals surface area (Å²) in [5.41, 5.74) is 1.14. The van der Waals surface area contributed by atoms with E-state index in [0.717, 1.165) is 31.1 Å². The molecule has 0 saturated carbocycles. The molecule has 1 aromatic heterocycles. The fourth-order valence-electron chi connectivity index (χ4n) is 2.47. The van der Waals surface area contributed by atoms with E-state index in [1.807, 2.05) is 0 Å². The number of aromatic nitrogens is 1. The first-order chi connectivity index (χ1) is 9.58. The van der Waals surface area contributed by atoms with Gasteiger partial charge in [0.1, 0.15) is 5.82 Å². The zero-order chi connectivity index (χ0) is 14.5. The monoisotopic (exact) mass is 293 g/mol. The summed E-state index contributed by atoms with van der Waals surface area (Å²) < 4.78 is 0. The Morgan fingerprint density at radius 1 is 1.40 bits per heavy atom. The number of anilines is 1. The maximum absolute atomic E-state index is 4.83. The number of pyridine rings is 1. The van der Waals surface area contributed by atoms with Gasteiger partial charge >= 0.3 is 0 Å². The van der Waals surface area contributed by atoms with Crippen LogP contribution in [0.2, 0.25) is 0 Å². The van der Waals surface area contributed by atoms with Crippen LogP contribution in [0.1, 0.15) is 33.4 Å². The van der Waals surface area contributed by atoms with Crippen molar-refractivity contribution >= 4 is 17.6 Å². The third-order valence-electron chi connectivity index (χ3n) is 3.83. The van der Waals surface area contributed by atoms with Crippen molar-refractivity contribution in [1.82, 2.24) is 10.3 Å². The zero-order valence-electron chi connectivity index (χ0n) is 13.1. The van der Waals surface area contributed by atoms with E-state index in [9.17, 15) is 0 Å². The van der Waals surface area contributed by atoms with E-state index in [1.165, 1.54) is 5.75 Å². The molecular weight excluding hydrogens is 266 g/mol. The molecule has 0 bridgehead atoms. The van der Waals surface area contributed by atoms with Crippen molar-refractivity contribution in [3.05, 3.63) is 23.9 Å². The van der Waals surface area contributed by atoms with Crippen LogP contribution in [0.5, 0.6) is 0 Å². The van der Waals surface area contributed by atoms with Crippen LogP contribution in [0.4, 0.5) is 5.82 Å². The van der Waals surface area contributed by atoms with E-state index < -0.39 is 0 Å². The lowest BCUT2D eigenvalue weighted by Gasteiger charge is -2.38. The summed E-state index contributed by atoms with van der Waals surface area (Å²) in [4.78, 5) is 7.28. The predicted octanol–water partition coefficient (Wildman–Crippen LogP) is 3.16. The van der Waals surface area contributed by atoms with Gasteiger partial charge in [-0.2, -0.15) is 11.8 Å². The molecule has 1 saturated heterocycles. The maximum Gasteiger partial charge on any atom is 0.129 e. The van der Waals surface area contributed by atoms with Gasteiger partial charge in [-0.3, -0.25) is 0 Å². The Balaban J connectivity index is 2.01. The molecule has 2 unspecified atom stereocenters. The average Bonchev–Trinajstić information content (AvgIpc) is 2.42. The molecule has 0 aliphatic carbocycles. The van der Waals surface area contributed by atoms with Gasteiger partial charge < -0.3 is 10.2 Å². The van der Waals surface area contributed by atoms with Gasteiger partial charge in [-0.25, -0.2) is 4.98 Å². The summed E-state index contributed by atoms with van der Waals surface area (Å²) in [7, 11) is 0. The second kappa shape index (κ2) is 7.32. The summed E-state index contributed by atoms with van der Waals surface area (Å²) in [6.07, 6.45) is 0. The van der Waals surface area contributed by atoms with E-state index in [0.29, 0.717) is 17.2 Å². The molecule has 20 heavy (non-hydrogen) atoms. The summed E-state index contributed by atoms with van der Waals surface area (Å²) in [6.45, 7) is 12.1. The molecule has 0 aromatic carbocycles. The minimum absolute atomic E-state index is 0.556. The number of hydrogen-bond donors (Lipinski definition) is 1. The minimum atomic E-state index is 0.556. The first-order valence-electron chi connectivity index (χ1n) is 7.63. The SMILES string of the molecule is CC(C)CNCc1cccc(N2CCSC(C)C2C)n1. The number of rotatable bonds is 5. The van der Waals surface area contributed by atoms with Crippen molar-refractivity contribution in [2.24, 2.45) is 5.92 Å². The molecule has 1 aliphatic heterocycles. The van der Waals surface area contributed by atoms with Crippen LogP contribution in [0.3, 0.4) is 0 Å². The normalized spacial score (nSPS) is 23.4. The van der Waals surface area contributed by atoms with Crippen molar-refractivity contribution in [1.29, 1.82) is 0 Å². The first-order valence-corrected chi connectivity index (χ1v) is 8.67. The third-order valence-corrected chi connectivity index (χ3v) is 5.17. The fraction of sp³-hybridized carbons (Fsp3) is 0.688. The van der Waals surface area contributed by atoms with Gasteiger partial charge in [0.25, 0.3) is 0 Å². The first kappa shape index (κ1) is 15.6. The standard InChI is InChI=1S/C16H27N3S/c1-12(2)10-17-11-15-6-5-7-16(18-15)19-8-9-20-14(4)13(19)3/h5-7,12-14,17H,8-11H2,1-4H3. The van der Waals surface area contributed by atoms with Gasteiger partial charge in [0, 0.05) is 30.1 Å². The summed E-state index contributed by atoms with van der Waals surface area (Å²) >= 11 is 2.06. The predicted molar refractivity (Wildman–Crippen MR) is 89.5 cm³/mol. The topological polar surface area (TPSA) is 28.2 Å². The molecule has 0 radical (unpaired) electrons. The highest BCUT2D eigenvalue weighted by atomic mass is 32.2. The highest BCUT2D eigenvalue weighted by molar-refractivity contribution is 8.00. The lowest BCUT2D eigenvalue weighted by atomic mass is 10.2. The molecule has 0 amide bonds. The number of thioether (sulfide) groups is 1. The van der Waals surface area contributed by atoms with E-state index in [2.05, 4.69) is 67.9 Å². The van der Waals surface area contributed by atoms with E-state index in [1.54, 1.807) is 0 Å². The summed E-state index contributed by atoms with van der Waals surface area (Å²) in [5, 5.41) is 4.14. The van der Waals surface area contributed by atoms with Crippen LogP contribution in [-0.4, -0.2) is 35.1 Å². The van der Waals surface area contributed by atoms with Crippen molar-refractivity contribution in [3.63, 3.8) is 0 Å². The molecule has 112 valence electrons. The Hall–Kier alpha value is -0.740. The van der Waals surface area contributed by atoms with Crippen LogP contribution in [0.15, 0.2) is 18.2 Å². The highest BCUT2D eigenvalue weighted by Crippen LogP contribution is 2.27. The quantitative estimate of drug-likeness (QED) is 0.902. The van der Waals surface area contributed by atoms with Gasteiger partial charge in [0.2, 0.25) is 0 Å². The number of hydrogen-bond acceptors (Lipinski definition) is 4. The summed E-state index contributed by atoms with van der Waals surface area (Å²) in [5.74, 6) is 3.01. The molecule has 1 aliphatic rings. The Bertz CT molecular complexity index is 422. The van der Waals surface area contributed by atoms with Gasteiger partial charge in [-0.1, -0.05) is 26.8 Å². The van der Waals surface area contributed by atoms with E-state index >= 15 is 0 Å². The van der Waals surface area contributed by atoms with Gasteiger partial charge in [-0.15, -0.1) is 0 Å². The maximum atomic E-state index is 4.83. The third kappa shape index (κ3) is 4.13. The second-order valence-corrected chi connectivity index (χ2v) is 7.51. The molecule has 1 aromatic rings. The van der Waals surface area contributed by atoms with Crippen LogP contribution in [0, 0.1) is 5.92 Å². The number of nitrogens with zero attached hydrogens (tertiary/aromatic N) is 2. The molecule has 1 fully saturated rings. The fourth-order valence-corrected chi connectivity index (χ4v) is 3.57.